The molecular formula is C11H20N4. The van der Waals surface area contributed by atoms with Crippen molar-refractivity contribution in [2.45, 2.75) is 58.0 Å². The number of H-pyrrole nitrogens is 1. The number of hydrogen-bond donors (Lipinski definition) is 2. The first-order valence-electron chi connectivity index (χ1n) is 5.90. The van der Waals surface area contributed by atoms with Gasteiger partial charge in [-0.3, -0.25) is 5.10 Å². The fourth-order valence-electron chi connectivity index (χ4n) is 2.25. The molecule has 1 atom stereocenters. The molecule has 1 saturated carbocycles. The third-order valence-corrected chi connectivity index (χ3v) is 3.09. The maximum Gasteiger partial charge on any atom is 0.167 e. The minimum absolute atomic E-state index is 0.262. The number of nitrogens with one attached hydrogen (secondary N) is 2. The highest BCUT2D eigenvalue weighted by molar-refractivity contribution is 4.94. The van der Waals surface area contributed by atoms with Crippen LogP contribution in [0.1, 0.15) is 56.7 Å². The van der Waals surface area contributed by atoms with Crippen LogP contribution in [-0.4, -0.2) is 21.2 Å². The molecule has 1 heterocycles. The van der Waals surface area contributed by atoms with Crippen LogP contribution in [0.5, 0.6) is 0 Å². The molecule has 1 aromatic rings. The Hall–Kier alpha value is -0.900. The highest BCUT2D eigenvalue weighted by Crippen LogP contribution is 2.20. The summed E-state index contributed by atoms with van der Waals surface area (Å²) >= 11 is 0. The minimum Gasteiger partial charge on any atom is -0.305 e. The molecule has 0 aliphatic heterocycles. The number of hydrogen-bond acceptors (Lipinski definition) is 3. The summed E-state index contributed by atoms with van der Waals surface area (Å²) in [6.07, 6.45) is 6.71. The van der Waals surface area contributed by atoms with Gasteiger partial charge in [0, 0.05) is 6.04 Å². The summed E-state index contributed by atoms with van der Waals surface area (Å²) in [5.74, 6) is 1.78. The van der Waals surface area contributed by atoms with Gasteiger partial charge in [0.1, 0.15) is 5.82 Å². The fourth-order valence-corrected chi connectivity index (χ4v) is 2.25. The summed E-state index contributed by atoms with van der Waals surface area (Å²) in [7, 11) is 0. The lowest BCUT2D eigenvalue weighted by molar-refractivity contribution is 0.342. The van der Waals surface area contributed by atoms with Gasteiger partial charge in [0.25, 0.3) is 0 Å². The van der Waals surface area contributed by atoms with E-state index in [1.807, 2.05) is 6.92 Å². The Kier molecular flexibility index (Phi) is 3.36. The molecule has 1 unspecified atom stereocenters. The molecule has 0 aromatic carbocycles. The molecule has 1 aromatic heterocycles. The van der Waals surface area contributed by atoms with Crippen molar-refractivity contribution in [1.82, 2.24) is 20.5 Å². The first-order chi connectivity index (χ1) is 7.25. The highest BCUT2D eigenvalue weighted by atomic mass is 15.2. The van der Waals surface area contributed by atoms with E-state index in [1.165, 1.54) is 32.1 Å². The first kappa shape index (κ1) is 10.6. The van der Waals surface area contributed by atoms with E-state index in [9.17, 15) is 0 Å². The van der Waals surface area contributed by atoms with E-state index in [2.05, 4.69) is 27.4 Å². The predicted octanol–water partition coefficient (Wildman–Crippen LogP) is 2.10. The topological polar surface area (TPSA) is 53.6 Å². The largest absolute Gasteiger partial charge is 0.305 e. The van der Waals surface area contributed by atoms with Crippen molar-refractivity contribution in [2.24, 2.45) is 0 Å². The van der Waals surface area contributed by atoms with Gasteiger partial charge in [0.2, 0.25) is 0 Å². The van der Waals surface area contributed by atoms with Crippen LogP contribution in [0, 0.1) is 6.92 Å². The van der Waals surface area contributed by atoms with Gasteiger partial charge in [-0.15, -0.1) is 0 Å². The van der Waals surface area contributed by atoms with Gasteiger partial charge in [-0.25, -0.2) is 4.98 Å². The Morgan fingerprint density at radius 2 is 2.07 bits per heavy atom. The van der Waals surface area contributed by atoms with Gasteiger partial charge in [-0.2, -0.15) is 5.10 Å². The standard InChI is InChI=1S/C11H20N4/c1-8(11-13-9(2)14-15-11)12-10-6-4-3-5-7-10/h8,10,12H,3-7H2,1-2H3,(H,13,14,15). The van der Waals surface area contributed by atoms with E-state index < -0.39 is 0 Å². The van der Waals surface area contributed by atoms with E-state index in [0.717, 1.165) is 11.6 Å². The molecule has 0 bridgehead atoms. The highest BCUT2D eigenvalue weighted by Gasteiger charge is 2.18. The second-order valence-corrected chi connectivity index (χ2v) is 4.50. The van der Waals surface area contributed by atoms with Crippen LogP contribution in [0.25, 0.3) is 0 Å². The van der Waals surface area contributed by atoms with Crippen LogP contribution in [0.4, 0.5) is 0 Å². The fraction of sp³-hybridized carbons (Fsp3) is 0.818. The van der Waals surface area contributed by atoms with Crippen molar-refractivity contribution in [2.75, 3.05) is 0 Å². The van der Waals surface area contributed by atoms with Gasteiger partial charge >= 0.3 is 0 Å². The Bertz CT molecular complexity index is 301. The molecule has 1 fully saturated rings. The SMILES string of the molecule is Cc1nc(C(C)NC2CCCCC2)n[nH]1. The van der Waals surface area contributed by atoms with Crippen LogP contribution in [-0.2, 0) is 0 Å². The van der Waals surface area contributed by atoms with Crippen LogP contribution in [0.2, 0.25) is 0 Å². The van der Waals surface area contributed by atoms with Gasteiger partial charge in [0.15, 0.2) is 5.82 Å². The molecule has 0 saturated heterocycles. The van der Waals surface area contributed by atoms with Gasteiger partial charge in [-0.05, 0) is 26.7 Å². The third kappa shape index (κ3) is 2.78. The average Bonchev–Trinajstić information content (AvgIpc) is 2.66. The molecule has 2 N–H and O–H groups in total. The van der Waals surface area contributed by atoms with Gasteiger partial charge < -0.3 is 5.32 Å². The van der Waals surface area contributed by atoms with Crippen molar-refractivity contribution < 1.29 is 0 Å². The maximum absolute atomic E-state index is 4.35. The van der Waals surface area contributed by atoms with E-state index in [-0.39, 0.29) is 6.04 Å². The second kappa shape index (κ2) is 4.75. The lowest BCUT2D eigenvalue weighted by Crippen LogP contribution is -2.33. The van der Waals surface area contributed by atoms with Crippen LogP contribution in [0.3, 0.4) is 0 Å². The molecule has 84 valence electrons. The van der Waals surface area contributed by atoms with Crippen molar-refractivity contribution in [3.05, 3.63) is 11.6 Å². The molecule has 4 heteroatoms. The van der Waals surface area contributed by atoms with Crippen LogP contribution in [0.15, 0.2) is 0 Å². The van der Waals surface area contributed by atoms with Crippen molar-refractivity contribution in [3.8, 4) is 0 Å². The molecule has 0 spiro atoms. The summed E-state index contributed by atoms with van der Waals surface area (Å²) in [6.45, 7) is 4.07. The Balaban J connectivity index is 1.88. The summed E-state index contributed by atoms with van der Waals surface area (Å²) < 4.78 is 0. The third-order valence-electron chi connectivity index (χ3n) is 3.09. The van der Waals surface area contributed by atoms with Crippen molar-refractivity contribution >= 4 is 0 Å². The van der Waals surface area contributed by atoms with Gasteiger partial charge in [0.05, 0.1) is 6.04 Å². The molecule has 2 rings (SSSR count). The Labute approximate surface area is 90.9 Å². The number of aromatic amines is 1. The van der Waals surface area contributed by atoms with E-state index in [1.54, 1.807) is 0 Å². The molecule has 0 radical (unpaired) electrons. The number of nitrogens with zero attached hydrogens (tertiary/aromatic N) is 2. The summed E-state index contributed by atoms with van der Waals surface area (Å²) in [5.41, 5.74) is 0. The lowest BCUT2D eigenvalue weighted by atomic mass is 9.95. The molecule has 15 heavy (non-hydrogen) atoms. The monoisotopic (exact) mass is 208 g/mol. The summed E-state index contributed by atoms with van der Waals surface area (Å²) in [4.78, 5) is 4.35. The van der Waals surface area contributed by atoms with Gasteiger partial charge in [-0.1, -0.05) is 19.3 Å². The molecule has 4 nitrogen and oxygen atoms in total. The van der Waals surface area contributed by atoms with E-state index in [0.29, 0.717) is 6.04 Å². The number of aryl methyl sites for hydroxylation is 1. The number of aromatic nitrogens is 3. The van der Waals surface area contributed by atoms with Crippen molar-refractivity contribution in [3.63, 3.8) is 0 Å². The maximum atomic E-state index is 4.35. The zero-order chi connectivity index (χ0) is 10.7. The van der Waals surface area contributed by atoms with E-state index in [4.69, 9.17) is 0 Å². The van der Waals surface area contributed by atoms with Crippen LogP contribution < -0.4 is 5.32 Å². The second-order valence-electron chi connectivity index (χ2n) is 4.50. The molecule has 1 aliphatic rings. The molecule has 1 aliphatic carbocycles. The minimum atomic E-state index is 0.262. The molecule has 0 amide bonds. The smallest absolute Gasteiger partial charge is 0.167 e. The van der Waals surface area contributed by atoms with Crippen LogP contribution >= 0.6 is 0 Å². The predicted molar refractivity (Wildman–Crippen MR) is 59.5 cm³/mol. The summed E-state index contributed by atoms with van der Waals surface area (Å²) in [5, 5.41) is 10.7. The van der Waals surface area contributed by atoms with E-state index >= 15 is 0 Å². The van der Waals surface area contributed by atoms with Crippen molar-refractivity contribution in [1.29, 1.82) is 0 Å². The number of rotatable bonds is 3. The molecular weight excluding hydrogens is 188 g/mol. The normalized spacial score (nSPS) is 20.4. The lowest BCUT2D eigenvalue weighted by Gasteiger charge is -2.25. The quantitative estimate of drug-likeness (QED) is 0.799. The Morgan fingerprint density at radius 1 is 1.33 bits per heavy atom. The zero-order valence-corrected chi connectivity index (χ0v) is 9.58. The Morgan fingerprint density at radius 3 is 2.67 bits per heavy atom. The zero-order valence-electron chi connectivity index (χ0n) is 9.58. The summed E-state index contributed by atoms with van der Waals surface area (Å²) in [6, 6.07) is 0.922. The first-order valence-corrected chi connectivity index (χ1v) is 5.90. The average molecular weight is 208 g/mol.